The minimum atomic E-state index is 0.360. The Morgan fingerprint density at radius 3 is 2.46 bits per heavy atom. The third-order valence-electron chi connectivity index (χ3n) is 2.20. The Bertz CT molecular complexity index is 299. The van der Waals surface area contributed by atoms with Gasteiger partial charge in [0.2, 0.25) is 0 Å². The Kier molecular flexibility index (Phi) is 3.47. The van der Waals surface area contributed by atoms with Gasteiger partial charge in [-0.1, -0.05) is 20.8 Å². The predicted octanol–water partition coefficient (Wildman–Crippen LogP) is 2.42. The molecule has 13 heavy (non-hydrogen) atoms. The first-order chi connectivity index (χ1) is 6.02. The van der Waals surface area contributed by atoms with Gasteiger partial charge < -0.3 is 5.73 Å². The molecule has 0 aliphatic rings. The molecule has 1 aromatic heterocycles. The van der Waals surface area contributed by atoms with Gasteiger partial charge in [0.05, 0.1) is 3.57 Å². The topological polar surface area (TPSA) is 51.8 Å². The van der Waals surface area contributed by atoms with E-state index in [4.69, 9.17) is 5.73 Å². The second kappa shape index (κ2) is 4.21. The van der Waals surface area contributed by atoms with E-state index < -0.39 is 0 Å². The summed E-state index contributed by atoms with van der Waals surface area (Å²) in [6.45, 7) is 6.43. The number of nitrogens with zero attached hydrogens (tertiary/aromatic N) is 2. The Labute approximate surface area is 92.3 Å². The van der Waals surface area contributed by atoms with E-state index >= 15 is 0 Å². The molecule has 0 bridgehead atoms. The van der Waals surface area contributed by atoms with Crippen LogP contribution in [0.3, 0.4) is 0 Å². The molecule has 1 rings (SSSR count). The van der Waals surface area contributed by atoms with Gasteiger partial charge in [-0.15, -0.1) is 0 Å². The molecule has 0 aromatic carbocycles. The van der Waals surface area contributed by atoms with Crippen molar-refractivity contribution >= 4 is 28.4 Å². The molecule has 1 unspecified atom stereocenters. The highest BCUT2D eigenvalue weighted by atomic mass is 127. The molecule has 4 heteroatoms. The van der Waals surface area contributed by atoms with Gasteiger partial charge >= 0.3 is 0 Å². The second-order valence-electron chi connectivity index (χ2n) is 3.49. The zero-order valence-corrected chi connectivity index (χ0v) is 10.2. The molecule has 1 atom stereocenters. The monoisotopic (exact) mass is 291 g/mol. The van der Waals surface area contributed by atoms with Crippen molar-refractivity contribution in [1.29, 1.82) is 0 Å². The lowest BCUT2D eigenvalue weighted by Crippen LogP contribution is -2.09. The van der Waals surface area contributed by atoms with Crippen LogP contribution in [0.2, 0.25) is 0 Å². The summed E-state index contributed by atoms with van der Waals surface area (Å²) in [4.78, 5) is 8.51. The van der Waals surface area contributed by atoms with Gasteiger partial charge in [-0.2, -0.15) is 0 Å². The van der Waals surface area contributed by atoms with Gasteiger partial charge in [0, 0.05) is 12.1 Å². The van der Waals surface area contributed by atoms with Crippen LogP contribution < -0.4 is 5.73 Å². The summed E-state index contributed by atoms with van der Waals surface area (Å²) in [5.74, 6) is 2.32. The highest BCUT2D eigenvalue weighted by Gasteiger charge is 2.13. The first kappa shape index (κ1) is 10.7. The first-order valence-corrected chi connectivity index (χ1v) is 5.38. The van der Waals surface area contributed by atoms with Crippen molar-refractivity contribution in [2.24, 2.45) is 5.92 Å². The third-order valence-corrected chi connectivity index (χ3v) is 3.03. The molecule has 72 valence electrons. The minimum absolute atomic E-state index is 0.360. The van der Waals surface area contributed by atoms with E-state index in [1.807, 2.05) is 0 Å². The normalized spacial score (nSPS) is 13.3. The lowest BCUT2D eigenvalue weighted by molar-refractivity contribution is 0.510. The molecule has 0 saturated heterocycles. The highest BCUT2D eigenvalue weighted by Crippen LogP contribution is 2.21. The third kappa shape index (κ3) is 2.52. The van der Waals surface area contributed by atoms with Crippen LogP contribution in [-0.4, -0.2) is 9.97 Å². The van der Waals surface area contributed by atoms with Crippen molar-refractivity contribution in [2.45, 2.75) is 26.7 Å². The van der Waals surface area contributed by atoms with E-state index in [1.165, 1.54) is 0 Å². The van der Waals surface area contributed by atoms with Gasteiger partial charge in [-0.3, -0.25) is 0 Å². The maximum atomic E-state index is 5.70. The summed E-state index contributed by atoms with van der Waals surface area (Å²) in [5, 5.41) is 0. The molecular formula is C9H14IN3. The molecule has 0 radical (unpaired) electrons. The van der Waals surface area contributed by atoms with Crippen molar-refractivity contribution < 1.29 is 0 Å². The fourth-order valence-electron chi connectivity index (χ4n) is 0.912. The Morgan fingerprint density at radius 2 is 2.00 bits per heavy atom. The molecule has 0 spiro atoms. The van der Waals surface area contributed by atoms with Gasteiger partial charge in [0.1, 0.15) is 11.6 Å². The van der Waals surface area contributed by atoms with Crippen molar-refractivity contribution in [2.75, 3.05) is 5.73 Å². The highest BCUT2D eigenvalue weighted by molar-refractivity contribution is 14.1. The maximum absolute atomic E-state index is 5.70. The number of hydrogen-bond donors (Lipinski definition) is 1. The van der Waals surface area contributed by atoms with Crippen molar-refractivity contribution in [3.05, 3.63) is 15.6 Å². The van der Waals surface area contributed by atoms with Gasteiger partial charge in [-0.25, -0.2) is 9.97 Å². The van der Waals surface area contributed by atoms with E-state index in [0.29, 0.717) is 17.7 Å². The standard InChI is InChI=1S/C9H14IN3/c1-5(2)6(3)9-12-4-7(10)8(11)13-9/h4-6H,1-3H3,(H2,11,12,13). The lowest BCUT2D eigenvalue weighted by atomic mass is 9.97. The Morgan fingerprint density at radius 1 is 1.38 bits per heavy atom. The molecule has 3 nitrogen and oxygen atoms in total. The number of hydrogen-bond acceptors (Lipinski definition) is 3. The Hall–Kier alpha value is -0.390. The van der Waals surface area contributed by atoms with Crippen LogP contribution in [-0.2, 0) is 0 Å². The minimum Gasteiger partial charge on any atom is -0.383 e. The number of nitrogen functional groups attached to an aromatic ring is 1. The van der Waals surface area contributed by atoms with E-state index in [2.05, 4.69) is 53.3 Å². The summed E-state index contributed by atoms with van der Waals surface area (Å²) in [5.41, 5.74) is 5.70. The van der Waals surface area contributed by atoms with Gasteiger partial charge in [0.25, 0.3) is 0 Å². The summed E-state index contributed by atoms with van der Waals surface area (Å²) in [6.07, 6.45) is 1.77. The van der Waals surface area contributed by atoms with Gasteiger partial charge in [-0.05, 0) is 28.5 Å². The number of nitrogens with two attached hydrogens (primary N) is 1. The van der Waals surface area contributed by atoms with Gasteiger partial charge in [0.15, 0.2) is 0 Å². The number of rotatable bonds is 2. The van der Waals surface area contributed by atoms with Crippen LogP contribution >= 0.6 is 22.6 Å². The lowest BCUT2D eigenvalue weighted by Gasteiger charge is -2.13. The zero-order chi connectivity index (χ0) is 10.0. The van der Waals surface area contributed by atoms with Crippen molar-refractivity contribution in [1.82, 2.24) is 9.97 Å². The van der Waals surface area contributed by atoms with E-state index in [-0.39, 0.29) is 0 Å². The fourth-order valence-corrected chi connectivity index (χ4v) is 1.17. The van der Waals surface area contributed by atoms with Crippen LogP contribution in [0, 0.1) is 9.49 Å². The number of aromatic nitrogens is 2. The molecule has 0 fully saturated rings. The predicted molar refractivity (Wildman–Crippen MR) is 62.4 cm³/mol. The summed E-state index contributed by atoms with van der Waals surface area (Å²) in [7, 11) is 0. The maximum Gasteiger partial charge on any atom is 0.140 e. The number of anilines is 1. The SMILES string of the molecule is CC(C)C(C)c1ncc(I)c(N)n1. The van der Waals surface area contributed by atoms with Crippen molar-refractivity contribution in [3.63, 3.8) is 0 Å². The van der Waals surface area contributed by atoms with Crippen LogP contribution in [0.4, 0.5) is 5.82 Å². The molecule has 0 aliphatic carbocycles. The summed E-state index contributed by atoms with van der Waals surface area (Å²) >= 11 is 2.13. The molecule has 0 saturated carbocycles. The zero-order valence-electron chi connectivity index (χ0n) is 8.08. The van der Waals surface area contributed by atoms with Crippen LogP contribution in [0.15, 0.2) is 6.20 Å². The van der Waals surface area contributed by atoms with Crippen LogP contribution in [0.5, 0.6) is 0 Å². The van der Waals surface area contributed by atoms with Crippen LogP contribution in [0.25, 0.3) is 0 Å². The average molecular weight is 291 g/mol. The molecule has 1 heterocycles. The van der Waals surface area contributed by atoms with E-state index in [9.17, 15) is 0 Å². The molecule has 0 aliphatic heterocycles. The first-order valence-electron chi connectivity index (χ1n) is 4.30. The summed E-state index contributed by atoms with van der Waals surface area (Å²) in [6, 6.07) is 0. The van der Waals surface area contributed by atoms with E-state index in [1.54, 1.807) is 6.20 Å². The molecule has 2 N–H and O–H groups in total. The average Bonchev–Trinajstić information content (AvgIpc) is 2.08. The largest absolute Gasteiger partial charge is 0.383 e. The summed E-state index contributed by atoms with van der Waals surface area (Å²) < 4.78 is 0.914. The molecule has 0 amide bonds. The molecule has 1 aromatic rings. The Balaban J connectivity index is 2.97. The molecular weight excluding hydrogens is 277 g/mol. The second-order valence-corrected chi connectivity index (χ2v) is 4.66. The number of halogens is 1. The quantitative estimate of drug-likeness (QED) is 0.851. The van der Waals surface area contributed by atoms with Crippen molar-refractivity contribution in [3.8, 4) is 0 Å². The fraction of sp³-hybridized carbons (Fsp3) is 0.556. The van der Waals surface area contributed by atoms with Crippen LogP contribution in [0.1, 0.15) is 32.5 Å². The van der Waals surface area contributed by atoms with E-state index in [0.717, 1.165) is 9.39 Å². The smallest absolute Gasteiger partial charge is 0.140 e.